The third-order valence-corrected chi connectivity index (χ3v) is 6.83. The van der Waals surface area contributed by atoms with Gasteiger partial charge in [0.2, 0.25) is 0 Å². The van der Waals surface area contributed by atoms with E-state index in [1.165, 1.54) is 12.8 Å². The number of amides is 1. The maximum Gasteiger partial charge on any atom is 0.282 e. The van der Waals surface area contributed by atoms with Crippen LogP contribution in [-0.2, 0) is 4.79 Å². The number of pyridine rings is 1. The summed E-state index contributed by atoms with van der Waals surface area (Å²) in [6.45, 7) is 11.4. The van der Waals surface area contributed by atoms with Gasteiger partial charge in [-0.2, -0.15) is 0 Å². The van der Waals surface area contributed by atoms with Gasteiger partial charge in [0.1, 0.15) is 0 Å². The third-order valence-electron chi connectivity index (χ3n) is 6.83. The fraction of sp³-hybridized carbons (Fsp3) is 0.538. The van der Waals surface area contributed by atoms with Crippen molar-refractivity contribution >= 4 is 23.1 Å². The lowest BCUT2D eigenvalue weighted by Gasteiger charge is -2.26. The van der Waals surface area contributed by atoms with Crippen molar-refractivity contribution in [1.29, 1.82) is 0 Å². The molecule has 1 N–H and O–H groups in total. The molecule has 1 atom stereocenters. The minimum Gasteiger partial charge on any atom is -0.711 e. The summed E-state index contributed by atoms with van der Waals surface area (Å²) < 4.78 is 0.910. The Kier molecular flexibility index (Phi) is 6.58. The second-order valence-electron chi connectivity index (χ2n) is 9.72. The van der Waals surface area contributed by atoms with Crippen molar-refractivity contribution in [2.75, 3.05) is 34.8 Å². The number of hydrogen-bond donors (Lipinski definition) is 1. The van der Waals surface area contributed by atoms with Gasteiger partial charge in [-0.3, -0.25) is 4.79 Å². The summed E-state index contributed by atoms with van der Waals surface area (Å²) >= 11 is 0. The Morgan fingerprint density at radius 3 is 2.31 bits per heavy atom. The van der Waals surface area contributed by atoms with Crippen molar-refractivity contribution < 1.29 is 9.52 Å². The number of carbonyl (C=O) groups is 1. The molecule has 2 aromatic rings. The first-order chi connectivity index (χ1) is 15.4. The zero-order chi connectivity index (χ0) is 22.8. The van der Waals surface area contributed by atoms with E-state index in [-0.39, 0.29) is 11.9 Å². The molecule has 0 saturated carbocycles. The molecule has 1 aromatic heterocycles. The quantitative estimate of drug-likeness (QED) is 0.523. The minimum atomic E-state index is -0.343. The second kappa shape index (κ2) is 9.39. The van der Waals surface area contributed by atoms with E-state index >= 15 is 0 Å². The lowest BCUT2D eigenvalue weighted by atomic mass is 9.92. The van der Waals surface area contributed by atoms with Crippen LogP contribution in [0, 0.1) is 5.21 Å². The first kappa shape index (κ1) is 22.4. The van der Waals surface area contributed by atoms with Crippen molar-refractivity contribution in [1.82, 2.24) is 0 Å². The highest BCUT2D eigenvalue weighted by molar-refractivity contribution is 5.98. The minimum absolute atomic E-state index is 0.0240. The summed E-state index contributed by atoms with van der Waals surface area (Å²) in [7, 11) is 0. The van der Waals surface area contributed by atoms with Gasteiger partial charge in [-0.15, -0.1) is 0 Å². The molecule has 1 amide bonds. The molecular formula is C26H36N4O2. The number of aromatic nitrogens is 1. The Labute approximate surface area is 191 Å². The number of benzene rings is 1. The molecule has 2 aliphatic heterocycles. The second-order valence-corrected chi connectivity index (χ2v) is 9.72. The molecule has 4 rings (SSSR count). The van der Waals surface area contributed by atoms with Gasteiger partial charge in [0.05, 0.1) is 18.8 Å². The highest BCUT2D eigenvalue weighted by Crippen LogP contribution is 2.34. The number of carbonyl (C=O) groups excluding carboxylic acids is 1. The fourth-order valence-corrected chi connectivity index (χ4v) is 5.06. The molecule has 0 spiro atoms. The van der Waals surface area contributed by atoms with Crippen molar-refractivity contribution in [2.24, 2.45) is 0 Å². The average molecular weight is 437 g/mol. The maximum absolute atomic E-state index is 13.5. The van der Waals surface area contributed by atoms with Crippen LogP contribution in [0.2, 0.25) is 0 Å². The summed E-state index contributed by atoms with van der Waals surface area (Å²) in [6, 6.07) is 9.79. The Balaban J connectivity index is 1.61. The highest BCUT2D eigenvalue weighted by Gasteiger charge is 2.39. The highest BCUT2D eigenvalue weighted by atomic mass is 16.5. The summed E-state index contributed by atoms with van der Waals surface area (Å²) in [5, 5.41) is 16.0. The fourth-order valence-electron chi connectivity index (χ4n) is 5.06. The van der Waals surface area contributed by atoms with Gasteiger partial charge < -0.3 is 15.4 Å². The van der Waals surface area contributed by atoms with E-state index in [9.17, 15) is 10.0 Å². The van der Waals surface area contributed by atoms with Crippen molar-refractivity contribution in [3.63, 3.8) is 0 Å². The summed E-state index contributed by atoms with van der Waals surface area (Å²) in [6.07, 6.45) is 5.60. The molecule has 6 heteroatoms. The van der Waals surface area contributed by atoms with Crippen molar-refractivity contribution in [2.45, 2.75) is 71.3 Å². The summed E-state index contributed by atoms with van der Waals surface area (Å²) in [4.78, 5) is 17.8. The van der Waals surface area contributed by atoms with E-state index in [4.69, 9.17) is 0 Å². The van der Waals surface area contributed by atoms with Crippen LogP contribution >= 0.6 is 0 Å². The van der Waals surface area contributed by atoms with Gasteiger partial charge in [0, 0.05) is 37.0 Å². The molecular weight excluding hydrogens is 400 g/mol. The molecule has 172 valence electrons. The SMILES string of the molecule is CC(C)c1cccc(C(C)C)c1NC(=O)[C@@H]1CCCN1c1cc(N2CCCC2)cc[n+]1[O-]. The Bertz CT molecular complexity index is 940. The van der Waals surface area contributed by atoms with Gasteiger partial charge >= 0.3 is 0 Å². The van der Waals surface area contributed by atoms with Crippen LogP contribution in [0.5, 0.6) is 0 Å². The molecule has 0 unspecified atom stereocenters. The van der Waals surface area contributed by atoms with Crippen LogP contribution in [-0.4, -0.2) is 31.6 Å². The van der Waals surface area contributed by atoms with Crippen LogP contribution in [0.25, 0.3) is 0 Å². The molecule has 0 radical (unpaired) electrons. The average Bonchev–Trinajstić information content (AvgIpc) is 3.46. The molecule has 2 aliphatic rings. The standard InChI is InChI=1S/C26H36N4O2/c1-18(2)21-9-7-10-22(19(3)4)25(21)27-26(31)23-11-8-15-29(23)24-17-20(12-16-30(24)32)28-13-5-6-14-28/h7,9-10,12,16-19,23H,5-6,8,11,13-15H2,1-4H3,(H,27,31)/t23-/m0/s1. The normalized spacial score (nSPS) is 18.8. The monoisotopic (exact) mass is 436 g/mol. The molecule has 6 nitrogen and oxygen atoms in total. The van der Waals surface area contributed by atoms with Crippen molar-refractivity contribution in [3.8, 4) is 0 Å². The summed E-state index contributed by atoms with van der Waals surface area (Å²) in [5.74, 6) is 1.17. The zero-order valence-electron chi connectivity index (χ0n) is 19.8. The van der Waals surface area contributed by atoms with Crippen LogP contribution in [0.1, 0.15) is 76.3 Å². The maximum atomic E-state index is 13.5. The first-order valence-corrected chi connectivity index (χ1v) is 12.0. The lowest BCUT2D eigenvalue weighted by molar-refractivity contribution is -0.592. The number of para-hydroxylation sites is 1. The Morgan fingerprint density at radius 2 is 1.69 bits per heavy atom. The predicted molar refractivity (Wildman–Crippen MR) is 130 cm³/mol. The van der Waals surface area contributed by atoms with Crippen LogP contribution in [0.4, 0.5) is 17.2 Å². The Morgan fingerprint density at radius 1 is 1.03 bits per heavy atom. The van der Waals surface area contributed by atoms with Crippen LogP contribution in [0.3, 0.4) is 0 Å². The van der Waals surface area contributed by atoms with Crippen LogP contribution < -0.4 is 19.8 Å². The van der Waals surface area contributed by atoms with Gasteiger partial charge in [0.15, 0.2) is 6.04 Å². The molecule has 2 saturated heterocycles. The topological polar surface area (TPSA) is 62.5 Å². The molecule has 1 aromatic carbocycles. The number of rotatable bonds is 6. The molecule has 32 heavy (non-hydrogen) atoms. The van der Waals surface area contributed by atoms with E-state index in [2.05, 4.69) is 56.1 Å². The third kappa shape index (κ3) is 4.41. The predicted octanol–water partition coefficient (Wildman–Crippen LogP) is 4.77. The number of nitrogens with one attached hydrogen (secondary N) is 1. The Hall–Kier alpha value is -2.76. The number of nitrogens with zero attached hydrogens (tertiary/aromatic N) is 3. The van der Waals surface area contributed by atoms with E-state index < -0.39 is 0 Å². The molecule has 2 fully saturated rings. The molecule has 0 aliphatic carbocycles. The molecule has 3 heterocycles. The van der Waals surface area contributed by atoms with E-state index in [1.807, 2.05) is 17.0 Å². The summed E-state index contributed by atoms with van der Waals surface area (Å²) in [5.41, 5.74) is 4.33. The van der Waals surface area contributed by atoms with E-state index in [1.54, 1.807) is 6.20 Å². The smallest absolute Gasteiger partial charge is 0.282 e. The van der Waals surface area contributed by atoms with Gasteiger partial charge in [-0.05, 0) is 42.2 Å². The number of hydrogen-bond acceptors (Lipinski definition) is 4. The van der Waals surface area contributed by atoms with Gasteiger partial charge in [0.25, 0.3) is 11.7 Å². The molecule has 0 bridgehead atoms. The first-order valence-electron chi connectivity index (χ1n) is 12.0. The van der Waals surface area contributed by atoms with Gasteiger partial charge in [-0.1, -0.05) is 45.9 Å². The number of anilines is 3. The lowest BCUT2D eigenvalue weighted by Crippen LogP contribution is -2.46. The zero-order valence-corrected chi connectivity index (χ0v) is 19.8. The van der Waals surface area contributed by atoms with Gasteiger partial charge in [-0.25, -0.2) is 9.63 Å². The van der Waals surface area contributed by atoms with E-state index in [0.29, 0.717) is 24.2 Å². The largest absolute Gasteiger partial charge is 0.711 e. The van der Waals surface area contributed by atoms with Crippen molar-refractivity contribution in [3.05, 3.63) is 52.9 Å². The van der Waals surface area contributed by atoms with Crippen LogP contribution in [0.15, 0.2) is 36.5 Å². The van der Waals surface area contributed by atoms with E-state index in [0.717, 1.165) is 53.2 Å².